The number of nitrogens with zero attached hydrogens (tertiary/aromatic N) is 1. The van der Waals surface area contributed by atoms with Gasteiger partial charge in [-0.3, -0.25) is 4.98 Å². The molecule has 0 radical (unpaired) electrons. The molecular formula is C10H16N2O2S. The summed E-state index contributed by atoms with van der Waals surface area (Å²) in [5, 5.41) is 0. The molecule has 0 saturated heterocycles. The molecule has 84 valence electrons. The van der Waals surface area contributed by atoms with Gasteiger partial charge in [0.1, 0.15) is 0 Å². The minimum Gasteiger partial charge on any atom is -0.324 e. The molecule has 0 unspecified atom stereocenters. The molecule has 1 atom stereocenters. The highest BCUT2D eigenvalue weighted by Crippen LogP contribution is 2.17. The first-order valence-corrected chi connectivity index (χ1v) is 6.59. The first-order chi connectivity index (χ1) is 7.01. The van der Waals surface area contributed by atoms with E-state index in [1.54, 1.807) is 19.2 Å². The van der Waals surface area contributed by atoms with Gasteiger partial charge in [0.15, 0.2) is 9.84 Å². The van der Waals surface area contributed by atoms with E-state index >= 15 is 0 Å². The molecule has 0 aliphatic carbocycles. The largest absolute Gasteiger partial charge is 0.324 e. The molecule has 0 bridgehead atoms. The highest BCUT2D eigenvalue weighted by molar-refractivity contribution is 7.91. The molecule has 0 fully saturated rings. The van der Waals surface area contributed by atoms with Crippen molar-refractivity contribution in [1.82, 2.24) is 4.98 Å². The van der Waals surface area contributed by atoms with Gasteiger partial charge in [-0.1, -0.05) is 13.8 Å². The van der Waals surface area contributed by atoms with Crippen molar-refractivity contribution in [2.24, 2.45) is 5.73 Å². The number of sulfone groups is 1. The molecule has 0 amide bonds. The fourth-order valence-corrected chi connectivity index (χ4v) is 2.08. The van der Waals surface area contributed by atoms with Crippen molar-refractivity contribution < 1.29 is 8.42 Å². The Kier molecular flexibility index (Phi) is 3.82. The Hall–Kier alpha value is -0.940. The predicted octanol–water partition coefficient (Wildman–Crippen LogP) is 1.29. The number of aromatic nitrogens is 1. The smallest absolute Gasteiger partial charge is 0.179 e. The van der Waals surface area contributed by atoms with Crippen LogP contribution in [0.5, 0.6) is 0 Å². The number of rotatable bonds is 4. The second kappa shape index (κ2) is 4.72. The highest BCUT2D eigenvalue weighted by atomic mass is 32.2. The van der Waals surface area contributed by atoms with Crippen molar-refractivity contribution >= 4 is 9.84 Å². The summed E-state index contributed by atoms with van der Waals surface area (Å²) >= 11 is 0. The van der Waals surface area contributed by atoms with Gasteiger partial charge in [0.2, 0.25) is 0 Å². The Balaban J connectivity index is 3.14. The third-order valence-electron chi connectivity index (χ3n) is 2.34. The van der Waals surface area contributed by atoms with Gasteiger partial charge in [-0.05, 0) is 18.1 Å². The summed E-state index contributed by atoms with van der Waals surface area (Å²) in [4.78, 5) is 4.16. The predicted molar refractivity (Wildman–Crippen MR) is 59.2 cm³/mol. The zero-order valence-electron chi connectivity index (χ0n) is 8.97. The van der Waals surface area contributed by atoms with E-state index in [1.807, 2.05) is 6.92 Å². The van der Waals surface area contributed by atoms with Crippen LogP contribution >= 0.6 is 0 Å². The van der Waals surface area contributed by atoms with Crippen molar-refractivity contribution in [3.63, 3.8) is 0 Å². The van der Waals surface area contributed by atoms with E-state index < -0.39 is 9.84 Å². The lowest BCUT2D eigenvalue weighted by atomic mass is 10.1. The van der Waals surface area contributed by atoms with Gasteiger partial charge < -0.3 is 5.73 Å². The summed E-state index contributed by atoms with van der Waals surface area (Å²) in [6, 6.07) is 1.46. The van der Waals surface area contributed by atoms with E-state index in [1.165, 1.54) is 6.20 Å². The van der Waals surface area contributed by atoms with Crippen molar-refractivity contribution in [2.75, 3.05) is 5.75 Å². The maximum absolute atomic E-state index is 11.6. The van der Waals surface area contributed by atoms with Crippen LogP contribution in [0.25, 0.3) is 0 Å². The van der Waals surface area contributed by atoms with Gasteiger partial charge in [-0.2, -0.15) is 0 Å². The molecule has 0 aromatic carbocycles. The van der Waals surface area contributed by atoms with Crippen LogP contribution in [0.1, 0.15) is 31.9 Å². The fourth-order valence-electron chi connectivity index (χ4n) is 1.21. The maximum Gasteiger partial charge on any atom is 0.179 e. The quantitative estimate of drug-likeness (QED) is 0.842. The first kappa shape index (κ1) is 12.1. The number of hydrogen-bond acceptors (Lipinski definition) is 4. The lowest BCUT2D eigenvalue weighted by molar-refractivity contribution is 0.596. The monoisotopic (exact) mass is 228 g/mol. The Morgan fingerprint density at radius 3 is 2.60 bits per heavy atom. The van der Waals surface area contributed by atoms with Crippen molar-refractivity contribution in [3.8, 4) is 0 Å². The van der Waals surface area contributed by atoms with E-state index in [0.29, 0.717) is 0 Å². The molecule has 15 heavy (non-hydrogen) atoms. The van der Waals surface area contributed by atoms with Crippen LogP contribution in [-0.2, 0) is 9.84 Å². The van der Waals surface area contributed by atoms with Crippen molar-refractivity contribution in [3.05, 3.63) is 24.0 Å². The van der Waals surface area contributed by atoms with Gasteiger partial charge >= 0.3 is 0 Å². The van der Waals surface area contributed by atoms with E-state index in [9.17, 15) is 8.42 Å². The molecule has 1 aromatic rings. The summed E-state index contributed by atoms with van der Waals surface area (Å²) in [5.41, 5.74) is 6.58. The number of nitrogens with two attached hydrogens (primary N) is 1. The summed E-state index contributed by atoms with van der Waals surface area (Å²) in [6.45, 7) is 3.56. The van der Waals surface area contributed by atoms with E-state index in [0.717, 1.165) is 12.0 Å². The molecule has 2 N–H and O–H groups in total. The summed E-state index contributed by atoms with van der Waals surface area (Å²) in [5.74, 6) is 0.0828. The van der Waals surface area contributed by atoms with Crippen LogP contribution in [0.2, 0.25) is 0 Å². The van der Waals surface area contributed by atoms with Gasteiger partial charge in [0.25, 0.3) is 0 Å². The summed E-state index contributed by atoms with van der Waals surface area (Å²) in [7, 11) is -3.18. The average Bonchev–Trinajstić information content (AvgIpc) is 2.28. The molecular weight excluding hydrogens is 212 g/mol. The first-order valence-electron chi connectivity index (χ1n) is 4.94. The lowest BCUT2D eigenvalue weighted by Gasteiger charge is -2.09. The molecule has 0 saturated carbocycles. The zero-order chi connectivity index (χ0) is 11.5. The topological polar surface area (TPSA) is 73.0 Å². The summed E-state index contributed by atoms with van der Waals surface area (Å²) in [6.07, 6.45) is 3.74. The second-order valence-electron chi connectivity index (χ2n) is 3.37. The summed E-state index contributed by atoms with van der Waals surface area (Å²) < 4.78 is 23.2. The van der Waals surface area contributed by atoms with Gasteiger partial charge in [-0.15, -0.1) is 0 Å². The molecule has 1 rings (SSSR count). The molecule has 1 heterocycles. The van der Waals surface area contributed by atoms with Crippen molar-refractivity contribution in [2.45, 2.75) is 31.2 Å². The van der Waals surface area contributed by atoms with Gasteiger partial charge in [0.05, 0.1) is 10.6 Å². The Labute approximate surface area is 90.4 Å². The zero-order valence-corrected chi connectivity index (χ0v) is 9.79. The fraction of sp³-hybridized carbons (Fsp3) is 0.500. The van der Waals surface area contributed by atoms with Gasteiger partial charge in [-0.25, -0.2) is 8.42 Å². The van der Waals surface area contributed by atoms with E-state index in [4.69, 9.17) is 5.73 Å². The molecule has 4 nitrogen and oxygen atoms in total. The maximum atomic E-state index is 11.6. The van der Waals surface area contributed by atoms with Crippen LogP contribution in [0.4, 0.5) is 0 Å². The molecule has 0 aliphatic rings. The Morgan fingerprint density at radius 2 is 2.07 bits per heavy atom. The van der Waals surface area contributed by atoms with Crippen molar-refractivity contribution in [1.29, 1.82) is 0 Å². The minimum absolute atomic E-state index is 0.0828. The normalized spacial score (nSPS) is 13.8. The molecule has 0 spiro atoms. The third-order valence-corrected chi connectivity index (χ3v) is 4.04. The second-order valence-corrected chi connectivity index (χ2v) is 5.65. The van der Waals surface area contributed by atoms with Crippen LogP contribution in [0.15, 0.2) is 23.4 Å². The van der Waals surface area contributed by atoms with Crippen LogP contribution in [0.3, 0.4) is 0 Å². The molecule has 5 heteroatoms. The van der Waals surface area contributed by atoms with Crippen LogP contribution in [-0.4, -0.2) is 19.2 Å². The van der Waals surface area contributed by atoms with Crippen LogP contribution in [0, 0.1) is 0 Å². The molecule has 0 aliphatic heterocycles. The Bertz CT molecular complexity index is 429. The third kappa shape index (κ3) is 2.76. The Morgan fingerprint density at radius 1 is 1.40 bits per heavy atom. The van der Waals surface area contributed by atoms with Gasteiger partial charge in [0, 0.05) is 18.4 Å². The minimum atomic E-state index is -3.18. The number of hydrogen-bond donors (Lipinski definition) is 1. The number of pyridine rings is 1. The van der Waals surface area contributed by atoms with E-state index in [-0.39, 0.29) is 16.7 Å². The average molecular weight is 228 g/mol. The SMILES string of the molecule is CC[C@H](N)c1cncc(S(=O)(=O)CC)c1. The standard InChI is InChI=1S/C10H16N2O2S/c1-3-10(11)8-5-9(7-12-6-8)15(13,14)4-2/h5-7,10H,3-4,11H2,1-2H3/t10-/m0/s1. The lowest BCUT2D eigenvalue weighted by Crippen LogP contribution is -2.11. The molecule has 1 aromatic heterocycles. The van der Waals surface area contributed by atoms with Crippen LogP contribution < -0.4 is 5.73 Å². The van der Waals surface area contributed by atoms with E-state index in [2.05, 4.69) is 4.98 Å². The highest BCUT2D eigenvalue weighted by Gasteiger charge is 2.14.